The number of hydrogen-bond donors (Lipinski definition) is 0. The van der Waals surface area contributed by atoms with Crippen LogP contribution in [0.2, 0.25) is 0 Å². The minimum absolute atomic E-state index is 0.552. The highest BCUT2D eigenvalue weighted by Gasteiger charge is 2.40. The van der Waals surface area contributed by atoms with Gasteiger partial charge < -0.3 is 4.74 Å². The summed E-state index contributed by atoms with van der Waals surface area (Å²) in [5.41, 5.74) is 1.96. The first kappa shape index (κ1) is 11.7. The summed E-state index contributed by atoms with van der Waals surface area (Å²) in [7, 11) is 0. The number of ether oxygens (including phenoxy) is 1. The lowest BCUT2D eigenvalue weighted by molar-refractivity contribution is -0.140. The zero-order valence-corrected chi connectivity index (χ0v) is 11.6. The fourth-order valence-electron chi connectivity index (χ4n) is 2.71. The van der Waals surface area contributed by atoms with Gasteiger partial charge in [-0.1, -0.05) is 28.1 Å². The molecule has 2 aliphatic rings. The maximum Gasteiger partial charge on any atom is 0.0545 e. The SMILES string of the molecule is Brc1ccc(CN2CCC3(CC2)COC3)cc1. The van der Waals surface area contributed by atoms with Crippen LogP contribution in [0.5, 0.6) is 0 Å². The molecule has 92 valence electrons. The summed E-state index contributed by atoms with van der Waals surface area (Å²) in [4.78, 5) is 2.56. The van der Waals surface area contributed by atoms with E-state index in [4.69, 9.17) is 4.74 Å². The Labute approximate surface area is 111 Å². The van der Waals surface area contributed by atoms with Crippen LogP contribution in [0, 0.1) is 5.41 Å². The fourth-order valence-corrected chi connectivity index (χ4v) is 2.98. The Morgan fingerprint density at radius 2 is 1.76 bits per heavy atom. The number of halogens is 1. The van der Waals surface area contributed by atoms with E-state index in [0.29, 0.717) is 5.41 Å². The van der Waals surface area contributed by atoms with Gasteiger partial charge in [0.15, 0.2) is 0 Å². The van der Waals surface area contributed by atoms with Crippen LogP contribution in [-0.4, -0.2) is 31.2 Å². The molecule has 2 saturated heterocycles. The Balaban J connectivity index is 1.55. The minimum atomic E-state index is 0.552. The van der Waals surface area contributed by atoms with Gasteiger partial charge >= 0.3 is 0 Å². The van der Waals surface area contributed by atoms with E-state index in [9.17, 15) is 0 Å². The molecule has 0 atom stereocenters. The molecule has 3 rings (SSSR count). The van der Waals surface area contributed by atoms with E-state index in [2.05, 4.69) is 45.1 Å². The van der Waals surface area contributed by atoms with Crippen LogP contribution in [0.15, 0.2) is 28.7 Å². The van der Waals surface area contributed by atoms with Crippen molar-refractivity contribution < 1.29 is 4.74 Å². The molecule has 0 radical (unpaired) electrons. The summed E-state index contributed by atoms with van der Waals surface area (Å²) < 4.78 is 6.52. The van der Waals surface area contributed by atoms with Crippen LogP contribution in [0.25, 0.3) is 0 Å². The first-order valence-corrected chi connectivity index (χ1v) is 7.10. The van der Waals surface area contributed by atoms with Crippen molar-refractivity contribution in [2.75, 3.05) is 26.3 Å². The van der Waals surface area contributed by atoms with Crippen molar-refractivity contribution in [3.8, 4) is 0 Å². The summed E-state index contributed by atoms with van der Waals surface area (Å²) in [6.07, 6.45) is 2.62. The van der Waals surface area contributed by atoms with Crippen molar-refractivity contribution in [3.63, 3.8) is 0 Å². The fraction of sp³-hybridized carbons (Fsp3) is 0.571. The Morgan fingerprint density at radius 3 is 2.29 bits per heavy atom. The number of rotatable bonds is 2. The number of benzene rings is 1. The molecular formula is C14H18BrNO. The first-order valence-electron chi connectivity index (χ1n) is 6.30. The Hall–Kier alpha value is -0.380. The molecule has 2 nitrogen and oxygen atoms in total. The number of hydrogen-bond acceptors (Lipinski definition) is 2. The van der Waals surface area contributed by atoms with Crippen LogP contribution in [0.3, 0.4) is 0 Å². The van der Waals surface area contributed by atoms with Gasteiger partial charge in [-0.15, -0.1) is 0 Å². The third-order valence-electron chi connectivity index (χ3n) is 4.05. The van der Waals surface area contributed by atoms with Crippen molar-refractivity contribution >= 4 is 15.9 Å². The van der Waals surface area contributed by atoms with E-state index in [1.54, 1.807) is 0 Å². The monoisotopic (exact) mass is 295 g/mol. The van der Waals surface area contributed by atoms with Gasteiger partial charge in [0, 0.05) is 16.4 Å². The Kier molecular flexibility index (Phi) is 3.24. The molecule has 0 aliphatic carbocycles. The van der Waals surface area contributed by atoms with E-state index in [-0.39, 0.29) is 0 Å². The number of likely N-dealkylation sites (tertiary alicyclic amines) is 1. The predicted octanol–water partition coefficient (Wildman–Crippen LogP) is 3.06. The van der Waals surface area contributed by atoms with Crippen molar-refractivity contribution in [2.45, 2.75) is 19.4 Å². The molecular weight excluding hydrogens is 278 g/mol. The molecule has 0 bridgehead atoms. The molecule has 2 aliphatic heterocycles. The molecule has 3 heteroatoms. The molecule has 2 heterocycles. The lowest BCUT2D eigenvalue weighted by atomic mass is 9.77. The largest absolute Gasteiger partial charge is 0.380 e. The van der Waals surface area contributed by atoms with E-state index < -0.39 is 0 Å². The van der Waals surface area contributed by atoms with Crippen LogP contribution >= 0.6 is 15.9 Å². The highest BCUT2D eigenvalue weighted by molar-refractivity contribution is 9.10. The zero-order chi connectivity index (χ0) is 11.7. The second-order valence-corrected chi connectivity index (χ2v) is 6.31. The smallest absolute Gasteiger partial charge is 0.0545 e. The quantitative estimate of drug-likeness (QED) is 0.831. The van der Waals surface area contributed by atoms with Crippen molar-refractivity contribution in [1.82, 2.24) is 4.90 Å². The molecule has 1 spiro atoms. The lowest BCUT2D eigenvalue weighted by Gasteiger charge is -2.47. The highest BCUT2D eigenvalue weighted by Crippen LogP contribution is 2.38. The standard InChI is InChI=1S/C14H18BrNO/c15-13-3-1-12(2-4-13)9-16-7-5-14(6-8-16)10-17-11-14/h1-4H,5-11H2. The molecule has 1 aromatic rings. The normalized spacial score (nSPS) is 23.6. The number of nitrogens with zero attached hydrogens (tertiary/aromatic N) is 1. The van der Waals surface area contributed by atoms with Crippen LogP contribution in [-0.2, 0) is 11.3 Å². The van der Waals surface area contributed by atoms with Crippen molar-refractivity contribution in [1.29, 1.82) is 0 Å². The molecule has 0 aromatic heterocycles. The Morgan fingerprint density at radius 1 is 1.12 bits per heavy atom. The molecule has 0 amide bonds. The summed E-state index contributed by atoms with van der Waals surface area (Å²) in [5, 5.41) is 0. The topological polar surface area (TPSA) is 12.5 Å². The van der Waals surface area contributed by atoms with Gasteiger partial charge in [0.2, 0.25) is 0 Å². The van der Waals surface area contributed by atoms with Gasteiger partial charge in [-0.3, -0.25) is 4.90 Å². The maximum absolute atomic E-state index is 5.36. The van der Waals surface area contributed by atoms with Crippen LogP contribution in [0.4, 0.5) is 0 Å². The van der Waals surface area contributed by atoms with Gasteiger partial charge in [0.1, 0.15) is 0 Å². The molecule has 2 fully saturated rings. The van der Waals surface area contributed by atoms with E-state index in [1.807, 2.05) is 0 Å². The second kappa shape index (κ2) is 4.71. The minimum Gasteiger partial charge on any atom is -0.380 e. The van der Waals surface area contributed by atoms with Gasteiger partial charge in [0.25, 0.3) is 0 Å². The average molecular weight is 296 g/mol. The zero-order valence-electron chi connectivity index (χ0n) is 9.99. The molecule has 1 aromatic carbocycles. The lowest BCUT2D eigenvalue weighted by Crippen LogP contribution is -2.50. The maximum atomic E-state index is 5.36. The third kappa shape index (κ3) is 2.56. The van der Waals surface area contributed by atoms with Gasteiger partial charge in [-0.05, 0) is 43.6 Å². The van der Waals surface area contributed by atoms with E-state index >= 15 is 0 Å². The average Bonchev–Trinajstić information content (AvgIpc) is 2.31. The van der Waals surface area contributed by atoms with E-state index in [1.165, 1.54) is 31.5 Å². The van der Waals surface area contributed by atoms with Gasteiger partial charge in [-0.25, -0.2) is 0 Å². The van der Waals surface area contributed by atoms with Crippen molar-refractivity contribution in [3.05, 3.63) is 34.3 Å². The number of piperidine rings is 1. The predicted molar refractivity (Wildman–Crippen MR) is 71.9 cm³/mol. The molecule has 0 saturated carbocycles. The molecule has 0 N–H and O–H groups in total. The summed E-state index contributed by atoms with van der Waals surface area (Å²) >= 11 is 3.47. The van der Waals surface area contributed by atoms with Crippen LogP contribution in [0.1, 0.15) is 18.4 Å². The van der Waals surface area contributed by atoms with Gasteiger partial charge in [-0.2, -0.15) is 0 Å². The summed E-state index contributed by atoms with van der Waals surface area (Å²) in [5.74, 6) is 0. The van der Waals surface area contributed by atoms with E-state index in [0.717, 1.165) is 24.2 Å². The molecule has 0 unspecified atom stereocenters. The Bertz CT molecular complexity index is 376. The third-order valence-corrected chi connectivity index (χ3v) is 4.58. The van der Waals surface area contributed by atoms with Crippen LogP contribution < -0.4 is 0 Å². The first-order chi connectivity index (χ1) is 8.26. The highest BCUT2D eigenvalue weighted by atomic mass is 79.9. The van der Waals surface area contributed by atoms with Gasteiger partial charge in [0.05, 0.1) is 13.2 Å². The summed E-state index contributed by atoms with van der Waals surface area (Å²) in [6, 6.07) is 8.67. The van der Waals surface area contributed by atoms with Crippen molar-refractivity contribution in [2.24, 2.45) is 5.41 Å². The molecule has 17 heavy (non-hydrogen) atoms. The summed E-state index contributed by atoms with van der Waals surface area (Å²) in [6.45, 7) is 5.53. The second-order valence-electron chi connectivity index (χ2n) is 5.40.